The number of amides is 1. The minimum Gasteiger partial charge on any atom is -0.394 e. The lowest BCUT2D eigenvalue weighted by Gasteiger charge is -2.48. The first-order valence-electron chi connectivity index (χ1n) is 39.6. The van der Waals surface area contributed by atoms with E-state index in [1.807, 2.05) is 6.08 Å². The van der Waals surface area contributed by atoms with Gasteiger partial charge < -0.3 is 89.9 Å². The van der Waals surface area contributed by atoms with Gasteiger partial charge in [0.15, 0.2) is 18.9 Å². The van der Waals surface area contributed by atoms with Gasteiger partial charge in [0.2, 0.25) is 5.91 Å². The van der Waals surface area contributed by atoms with E-state index in [2.05, 4.69) is 153 Å². The zero-order valence-electron chi connectivity index (χ0n) is 62.7. The van der Waals surface area contributed by atoms with E-state index < -0.39 is 131 Å². The Labute approximate surface area is 619 Å². The Hall–Kier alpha value is -4.33. The summed E-state index contributed by atoms with van der Waals surface area (Å²) < 4.78 is 34.4. The highest BCUT2D eigenvalue weighted by Crippen LogP contribution is 2.33. The fourth-order valence-electron chi connectivity index (χ4n) is 12.3. The van der Waals surface area contributed by atoms with Crippen molar-refractivity contribution in [3.05, 3.63) is 146 Å². The van der Waals surface area contributed by atoms with E-state index in [-0.39, 0.29) is 12.3 Å². The number of rotatable bonds is 60. The topological polar surface area (TPSA) is 307 Å². The van der Waals surface area contributed by atoms with Crippen LogP contribution >= 0.6 is 0 Å². The van der Waals surface area contributed by atoms with Crippen LogP contribution in [0.1, 0.15) is 245 Å². The number of carbonyl (C=O) groups is 1. The number of nitrogens with one attached hydrogen (secondary N) is 1. The Balaban J connectivity index is 1.42. The van der Waals surface area contributed by atoms with Crippen LogP contribution in [0.25, 0.3) is 0 Å². The molecule has 17 atom stereocenters. The lowest BCUT2D eigenvalue weighted by atomic mass is 9.96. The summed E-state index contributed by atoms with van der Waals surface area (Å²) in [7, 11) is 0. The number of hydrogen-bond acceptors (Lipinski definition) is 18. The van der Waals surface area contributed by atoms with Gasteiger partial charge in [-0.25, -0.2) is 0 Å². The van der Waals surface area contributed by atoms with Crippen LogP contribution in [0.4, 0.5) is 0 Å². The number of aliphatic hydroxyl groups excluding tert-OH is 11. The minimum atomic E-state index is -1.99. The molecule has 3 saturated heterocycles. The lowest BCUT2D eigenvalue weighted by molar-refractivity contribution is -0.379. The summed E-state index contributed by atoms with van der Waals surface area (Å²) in [6.45, 7) is 1.57. The zero-order valence-corrected chi connectivity index (χ0v) is 62.7. The van der Waals surface area contributed by atoms with Gasteiger partial charge in [0.25, 0.3) is 0 Å². The molecule has 3 rings (SSSR count). The predicted octanol–water partition coefficient (Wildman–Crippen LogP) is 13.1. The van der Waals surface area contributed by atoms with Gasteiger partial charge in [0.1, 0.15) is 73.2 Å². The molecule has 19 heteroatoms. The summed E-state index contributed by atoms with van der Waals surface area (Å²) in [4.78, 5) is 13.4. The van der Waals surface area contributed by atoms with E-state index in [1.54, 1.807) is 6.08 Å². The molecule has 19 nitrogen and oxygen atoms in total. The maximum Gasteiger partial charge on any atom is 0.220 e. The molecule has 12 N–H and O–H groups in total. The van der Waals surface area contributed by atoms with Crippen molar-refractivity contribution in [2.75, 3.05) is 26.4 Å². The Bertz CT molecular complexity index is 2430. The summed E-state index contributed by atoms with van der Waals surface area (Å²) >= 11 is 0. The van der Waals surface area contributed by atoms with Gasteiger partial charge in [0.05, 0.1) is 38.6 Å². The maximum atomic E-state index is 13.4. The van der Waals surface area contributed by atoms with Crippen LogP contribution < -0.4 is 5.32 Å². The Morgan fingerprint density at radius 3 is 1.09 bits per heavy atom. The normalized spacial score (nSPS) is 26.9. The van der Waals surface area contributed by atoms with Gasteiger partial charge in [0, 0.05) is 6.42 Å². The molecule has 0 bridgehead atoms. The van der Waals surface area contributed by atoms with Crippen LogP contribution in [-0.2, 0) is 33.2 Å². The summed E-state index contributed by atoms with van der Waals surface area (Å²) in [5.74, 6) is -0.332. The summed E-state index contributed by atoms with van der Waals surface area (Å²) in [5, 5.41) is 121. The molecule has 0 aromatic carbocycles. The van der Waals surface area contributed by atoms with E-state index in [4.69, 9.17) is 28.4 Å². The SMILES string of the molecule is CC/C=C\C/C=C\C/C=C\C/C=C\C/C=C\C/C=C\C/C=C\C/C=C\C/C=C\C/C=C\CCCCC(=O)NC(COC1OC(CO)C(OC2OC(CO)C(OC3OC(CO)C(O)C(O)C3O)C(O)C2O)C(O)C1O)C(O)/C=C/CC/C=C/CCCCCCCCCCCCCCCCCCCCC. The summed E-state index contributed by atoms with van der Waals surface area (Å²) in [5.41, 5.74) is 0. The molecule has 3 aliphatic rings. The molecule has 3 fully saturated rings. The predicted molar refractivity (Wildman–Crippen MR) is 410 cm³/mol. The minimum absolute atomic E-state index is 0.170. The molecule has 0 aliphatic carbocycles. The van der Waals surface area contributed by atoms with Crippen molar-refractivity contribution in [3.63, 3.8) is 0 Å². The van der Waals surface area contributed by atoms with Crippen molar-refractivity contribution >= 4 is 5.91 Å². The van der Waals surface area contributed by atoms with E-state index in [9.17, 15) is 61.0 Å². The number of hydrogen-bond donors (Lipinski definition) is 12. The van der Waals surface area contributed by atoms with Gasteiger partial charge in [-0.2, -0.15) is 0 Å². The van der Waals surface area contributed by atoms with Crippen LogP contribution in [0.15, 0.2) is 146 Å². The van der Waals surface area contributed by atoms with Crippen LogP contribution in [0.5, 0.6) is 0 Å². The average molecular weight is 1450 g/mol. The first kappa shape index (κ1) is 92.9. The molecule has 17 unspecified atom stereocenters. The van der Waals surface area contributed by atoms with Crippen molar-refractivity contribution < 1.29 is 89.4 Å². The number of carbonyl (C=O) groups excluding carboxylic acids is 1. The monoisotopic (exact) mass is 1450 g/mol. The molecule has 0 saturated carbocycles. The third kappa shape index (κ3) is 42.7. The molecule has 588 valence electrons. The molecule has 0 aromatic rings. The van der Waals surface area contributed by atoms with Gasteiger partial charge in [-0.3, -0.25) is 4.79 Å². The summed E-state index contributed by atoms with van der Waals surface area (Å²) in [6, 6.07) is -1.03. The molecule has 103 heavy (non-hydrogen) atoms. The summed E-state index contributed by atoms with van der Waals surface area (Å²) in [6.07, 6.45) is 64.0. The van der Waals surface area contributed by atoms with Crippen molar-refractivity contribution in [2.24, 2.45) is 0 Å². The highest BCUT2D eigenvalue weighted by molar-refractivity contribution is 5.76. The Morgan fingerprint density at radius 1 is 0.359 bits per heavy atom. The zero-order chi connectivity index (χ0) is 74.6. The average Bonchev–Trinajstić information content (AvgIpc) is 0.781. The molecular weight excluding hydrogens is 1310 g/mol. The highest BCUT2D eigenvalue weighted by Gasteiger charge is 2.53. The second-order valence-electron chi connectivity index (χ2n) is 27.4. The largest absolute Gasteiger partial charge is 0.394 e. The first-order valence-corrected chi connectivity index (χ1v) is 39.6. The van der Waals surface area contributed by atoms with Crippen molar-refractivity contribution in [1.82, 2.24) is 5.32 Å². The standard InChI is InChI=1S/C84H139NO18/c1-3-5-7-9-11-13-15-17-19-21-23-25-27-29-30-31-32-33-34-35-36-38-40-42-44-46-48-50-52-54-56-58-60-62-72(90)85-67(68(89)61-59-57-55-53-51-49-47-45-43-41-39-37-28-26-24-22-20-18-16-14-12-10-8-6-4-2)66-98-82-78(96)75(93)80(70(64-87)100-82)103-84-79(97)76(94)81(71(65-88)101-84)102-83-77(95)74(92)73(91)69(63-86)99-83/h5,7,11,13,17,19,23,25,29-30,32-33,35-36,40,42,46,48,51-54,59,61,67-71,73-84,86-89,91-97H,3-4,6,8-10,12,14-16,18,20-22,24,26-28,31,34,37-39,41,43-45,47,49-50,55-58,60,62-66H2,1-2H3,(H,85,90)/b7-5-,13-11-,19-17-,25-23-,30-29-,33-32-,36-35-,42-40-,48-46-,53-51+,54-52-,61-59+. The number of aliphatic hydroxyl groups is 11. The molecule has 0 spiro atoms. The van der Waals surface area contributed by atoms with Gasteiger partial charge in [-0.15, -0.1) is 0 Å². The van der Waals surface area contributed by atoms with Crippen LogP contribution in [-0.4, -0.2) is 193 Å². The third-order valence-corrected chi connectivity index (χ3v) is 18.6. The van der Waals surface area contributed by atoms with E-state index in [0.29, 0.717) is 12.8 Å². The first-order chi connectivity index (χ1) is 50.3. The molecule has 1 amide bonds. The van der Waals surface area contributed by atoms with Gasteiger partial charge in [-0.05, 0) is 109 Å². The second-order valence-corrected chi connectivity index (χ2v) is 27.4. The molecule has 0 aromatic heterocycles. The van der Waals surface area contributed by atoms with Crippen LogP contribution in [0, 0.1) is 0 Å². The smallest absolute Gasteiger partial charge is 0.220 e. The van der Waals surface area contributed by atoms with E-state index in [1.165, 1.54) is 116 Å². The fraction of sp³-hybridized carbons (Fsp3) is 0.702. The molecule has 3 aliphatic heterocycles. The molecular formula is C84H139NO18. The van der Waals surface area contributed by atoms with Crippen molar-refractivity contribution in [1.29, 1.82) is 0 Å². The van der Waals surface area contributed by atoms with E-state index >= 15 is 0 Å². The molecule has 3 heterocycles. The number of unbranched alkanes of at least 4 members (excludes halogenated alkanes) is 22. The van der Waals surface area contributed by atoms with Crippen LogP contribution in [0.2, 0.25) is 0 Å². The van der Waals surface area contributed by atoms with Crippen molar-refractivity contribution in [3.8, 4) is 0 Å². The van der Waals surface area contributed by atoms with Gasteiger partial charge in [-0.1, -0.05) is 275 Å². The Morgan fingerprint density at radius 2 is 0.680 bits per heavy atom. The third-order valence-electron chi connectivity index (χ3n) is 18.6. The maximum absolute atomic E-state index is 13.4. The van der Waals surface area contributed by atoms with Crippen LogP contribution in [0.3, 0.4) is 0 Å². The Kier molecular flexibility index (Phi) is 56.5. The highest BCUT2D eigenvalue weighted by atomic mass is 16.8. The number of ether oxygens (including phenoxy) is 6. The fourth-order valence-corrected chi connectivity index (χ4v) is 12.3. The number of allylic oxidation sites excluding steroid dienone is 23. The lowest BCUT2D eigenvalue weighted by Crippen LogP contribution is -2.66. The second kappa shape index (κ2) is 62.7. The van der Waals surface area contributed by atoms with Gasteiger partial charge >= 0.3 is 0 Å². The van der Waals surface area contributed by atoms with E-state index in [0.717, 1.165) is 96.3 Å². The molecule has 0 radical (unpaired) electrons. The van der Waals surface area contributed by atoms with Crippen molar-refractivity contribution in [2.45, 2.75) is 349 Å². The quantitative estimate of drug-likeness (QED) is 0.0199.